The van der Waals surface area contributed by atoms with E-state index in [1.54, 1.807) is 6.33 Å². The normalized spacial score (nSPS) is 18.3. The Morgan fingerprint density at radius 2 is 2.05 bits per heavy atom. The maximum atomic E-state index is 5.71. The molecule has 0 aliphatic carbocycles. The third-order valence-electron chi connectivity index (χ3n) is 3.67. The number of hydrogen-bond acceptors (Lipinski definition) is 5. The average Bonchev–Trinajstić information content (AvgIpc) is 2.46. The van der Waals surface area contributed by atoms with Crippen molar-refractivity contribution >= 4 is 23.0 Å². The van der Waals surface area contributed by atoms with Crippen LogP contribution in [-0.2, 0) is 6.42 Å². The molecule has 5 nitrogen and oxygen atoms in total. The lowest BCUT2D eigenvalue weighted by Crippen LogP contribution is -2.52. The molecule has 1 aromatic rings. The molecule has 1 aliphatic rings. The molecule has 104 valence electrons. The van der Waals surface area contributed by atoms with Crippen LogP contribution >= 0.6 is 12.2 Å². The van der Waals surface area contributed by atoms with Gasteiger partial charge in [-0.15, -0.1) is 0 Å². The van der Waals surface area contributed by atoms with Gasteiger partial charge in [0.05, 0.1) is 11.0 Å². The third-order valence-corrected chi connectivity index (χ3v) is 4.01. The highest BCUT2D eigenvalue weighted by atomic mass is 32.1. The van der Waals surface area contributed by atoms with E-state index in [0.717, 1.165) is 44.1 Å². The summed E-state index contributed by atoms with van der Waals surface area (Å²) in [6.07, 6.45) is 2.59. The van der Waals surface area contributed by atoms with Gasteiger partial charge in [0, 0.05) is 37.9 Å². The van der Waals surface area contributed by atoms with Gasteiger partial charge in [0.15, 0.2) is 0 Å². The Morgan fingerprint density at radius 1 is 1.37 bits per heavy atom. The Bertz CT molecular complexity index is 442. The van der Waals surface area contributed by atoms with E-state index >= 15 is 0 Å². The zero-order valence-electron chi connectivity index (χ0n) is 11.5. The second-order valence-electron chi connectivity index (χ2n) is 4.82. The van der Waals surface area contributed by atoms with Crippen LogP contribution in [0.3, 0.4) is 0 Å². The molecule has 1 aromatic heterocycles. The molecule has 1 fully saturated rings. The molecule has 2 rings (SSSR count). The van der Waals surface area contributed by atoms with Crippen molar-refractivity contribution in [1.82, 2.24) is 14.9 Å². The number of piperazine rings is 1. The second-order valence-corrected chi connectivity index (χ2v) is 5.29. The topological polar surface area (TPSA) is 58.3 Å². The van der Waals surface area contributed by atoms with Gasteiger partial charge in [0.2, 0.25) is 0 Å². The molecule has 0 spiro atoms. The standard InChI is InChI=1S/C13H21N5S/c1-3-11-8-12(16-9-15-11)18-6-4-17(5-7-18)10(2)13(14)19/h8-10H,3-7H2,1-2H3,(H2,14,19). The fraction of sp³-hybridized carbons (Fsp3) is 0.615. The zero-order chi connectivity index (χ0) is 13.8. The van der Waals surface area contributed by atoms with Crippen molar-refractivity contribution in [1.29, 1.82) is 0 Å². The minimum atomic E-state index is 0.175. The minimum absolute atomic E-state index is 0.175. The van der Waals surface area contributed by atoms with E-state index in [1.165, 1.54) is 0 Å². The molecule has 6 heteroatoms. The SMILES string of the molecule is CCc1cc(N2CCN(C(C)C(N)=S)CC2)ncn1. The summed E-state index contributed by atoms with van der Waals surface area (Å²) >= 11 is 5.06. The van der Waals surface area contributed by atoms with Gasteiger partial charge in [-0.2, -0.15) is 0 Å². The lowest BCUT2D eigenvalue weighted by molar-refractivity contribution is 0.238. The summed E-state index contributed by atoms with van der Waals surface area (Å²) in [4.78, 5) is 13.8. The third kappa shape index (κ3) is 3.39. The maximum absolute atomic E-state index is 5.71. The van der Waals surface area contributed by atoms with Gasteiger partial charge in [0.25, 0.3) is 0 Å². The van der Waals surface area contributed by atoms with Crippen molar-refractivity contribution in [2.45, 2.75) is 26.3 Å². The molecular formula is C13H21N5S. The van der Waals surface area contributed by atoms with Gasteiger partial charge in [0.1, 0.15) is 12.1 Å². The van der Waals surface area contributed by atoms with Crippen molar-refractivity contribution in [2.75, 3.05) is 31.1 Å². The number of thiocarbonyl (C=S) groups is 1. The summed E-state index contributed by atoms with van der Waals surface area (Å²) in [6, 6.07) is 2.25. The van der Waals surface area contributed by atoms with Crippen molar-refractivity contribution in [3.05, 3.63) is 18.1 Å². The molecule has 0 saturated carbocycles. The number of nitrogens with two attached hydrogens (primary N) is 1. The van der Waals surface area contributed by atoms with Crippen LogP contribution < -0.4 is 10.6 Å². The highest BCUT2D eigenvalue weighted by molar-refractivity contribution is 7.80. The molecule has 0 aromatic carbocycles. The fourth-order valence-corrected chi connectivity index (χ4v) is 2.42. The Labute approximate surface area is 119 Å². The Hall–Kier alpha value is -1.27. The zero-order valence-corrected chi connectivity index (χ0v) is 12.4. The molecule has 0 amide bonds. The summed E-state index contributed by atoms with van der Waals surface area (Å²) in [7, 11) is 0. The first-order chi connectivity index (χ1) is 9.11. The van der Waals surface area contributed by atoms with E-state index in [0.29, 0.717) is 4.99 Å². The summed E-state index contributed by atoms with van der Waals surface area (Å²) < 4.78 is 0. The number of aromatic nitrogens is 2. The van der Waals surface area contributed by atoms with Crippen LogP contribution in [0, 0.1) is 0 Å². The van der Waals surface area contributed by atoms with E-state index in [2.05, 4.69) is 39.7 Å². The average molecular weight is 279 g/mol. The summed E-state index contributed by atoms with van der Waals surface area (Å²) in [6.45, 7) is 8.00. The van der Waals surface area contributed by atoms with E-state index in [4.69, 9.17) is 18.0 Å². The van der Waals surface area contributed by atoms with Gasteiger partial charge < -0.3 is 10.6 Å². The summed E-state index contributed by atoms with van der Waals surface area (Å²) in [5.74, 6) is 1.02. The number of aryl methyl sites for hydroxylation is 1. The van der Waals surface area contributed by atoms with Crippen LogP contribution in [0.2, 0.25) is 0 Å². The number of hydrogen-bond donors (Lipinski definition) is 1. The predicted molar refractivity (Wildman–Crippen MR) is 81.4 cm³/mol. The Kier molecular flexibility index (Phi) is 4.66. The van der Waals surface area contributed by atoms with Gasteiger partial charge in [-0.25, -0.2) is 9.97 Å². The molecule has 1 unspecified atom stereocenters. The first kappa shape index (κ1) is 14.1. The van der Waals surface area contributed by atoms with Crippen molar-refractivity contribution < 1.29 is 0 Å². The van der Waals surface area contributed by atoms with Gasteiger partial charge >= 0.3 is 0 Å². The lowest BCUT2D eigenvalue weighted by Gasteiger charge is -2.38. The minimum Gasteiger partial charge on any atom is -0.392 e. The monoisotopic (exact) mass is 279 g/mol. The maximum Gasteiger partial charge on any atom is 0.132 e. The first-order valence-corrected chi connectivity index (χ1v) is 7.12. The Morgan fingerprint density at radius 3 is 2.63 bits per heavy atom. The highest BCUT2D eigenvalue weighted by Crippen LogP contribution is 2.15. The van der Waals surface area contributed by atoms with Crippen LogP contribution in [0.1, 0.15) is 19.5 Å². The lowest BCUT2D eigenvalue weighted by atomic mass is 10.2. The van der Waals surface area contributed by atoms with Gasteiger partial charge in [-0.3, -0.25) is 4.90 Å². The van der Waals surface area contributed by atoms with E-state index < -0.39 is 0 Å². The van der Waals surface area contributed by atoms with Crippen LogP contribution in [0.5, 0.6) is 0 Å². The molecule has 2 N–H and O–H groups in total. The summed E-state index contributed by atoms with van der Waals surface area (Å²) in [5, 5.41) is 0. The molecule has 1 saturated heterocycles. The Balaban J connectivity index is 1.97. The molecule has 19 heavy (non-hydrogen) atoms. The van der Waals surface area contributed by atoms with E-state index in [9.17, 15) is 0 Å². The molecule has 1 atom stereocenters. The summed E-state index contributed by atoms with van der Waals surface area (Å²) in [5.41, 5.74) is 6.79. The van der Waals surface area contributed by atoms with Crippen LogP contribution in [0.15, 0.2) is 12.4 Å². The first-order valence-electron chi connectivity index (χ1n) is 6.71. The molecule has 0 radical (unpaired) electrons. The highest BCUT2D eigenvalue weighted by Gasteiger charge is 2.23. The van der Waals surface area contributed by atoms with Crippen LogP contribution in [0.25, 0.3) is 0 Å². The molecule has 0 bridgehead atoms. The smallest absolute Gasteiger partial charge is 0.132 e. The largest absolute Gasteiger partial charge is 0.392 e. The van der Waals surface area contributed by atoms with E-state index in [1.807, 2.05) is 0 Å². The van der Waals surface area contributed by atoms with Crippen LogP contribution in [-0.4, -0.2) is 52.1 Å². The molecule has 2 heterocycles. The van der Waals surface area contributed by atoms with Crippen molar-refractivity contribution in [3.63, 3.8) is 0 Å². The molecule has 1 aliphatic heterocycles. The van der Waals surface area contributed by atoms with Crippen molar-refractivity contribution in [3.8, 4) is 0 Å². The fourth-order valence-electron chi connectivity index (χ4n) is 2.27. The van der Waals surface area contributed by atoms with Crippen LogP contribution in [0.4, 0.5) is 5.82 Å². The number of rotatable bonds is 4. The predicted octanol–water partition coefficient (Wildman–Crippen LogP) is 0.836. The second kappa shape index (κ2) is 6.25. The molecular weight excluding hydrogens is 258 g/mol. The number of nitrogens with zero attached hydrogens (tertiary/aromatic N) is 4. The van der Waals surface area contributed by atoms with Crippen molar-refractivity contribution in [2.24, 2.45) is 5.73 Å². The quantitative estimate of drug-likeness (QED) is 0.824. The van der Waals surface area contributed by atoms with Gasteiger partial charge in [-0.05, 0) is 13.3 Å². The van der Waals surface area contributed by atoms with Gasteiger partial charge in [-0.1, -0.05) is 19.1 Å². The number of anilines is 1. The van der Waals surface area contributed by atoms with E-state index in [-0.39, 0.29) is 6.04 Å².